The van der Waals surface area contributed by atoms with Crippen LogP contribution in [0.15, 0.2) is 42.5 Å². The molecule has 7 heteroatoms. The van der Waals surface area contributed by atoms with Crippen molar-refractivity contribution in [2.24, 2.45) is 0 Å². The first kappa shape index (κ1) is 19.6. The first-order valence-electron chi connectivity index (χ1n) is 8.79. The highest BCUT2D eigenvalue weighted by Crippen LogP contribution is 2.34. The number of rotatable bonds is 7. The molecule has 1 N–H and O–H groups in total. The zero-order chi connectivity index (χ0) is 19.4. The number of fused-ring (bicyclic) bond motifs is 1. The van der Waals surface area contributed by atoms with Crippen molar-refractivity contribution in [2.75, 3.05) is 39.2 Å². The third-order valence-corrected chi connectivity index (χ3v) is 5.48. The molecule has 0 spiro atoms. The Balaban J connectivity index is 1.97. The molecular weight excluding hydrogens is 382 g/mol. The zero-order valence-corrected chi connectivity index (χ0v) is 17.2. The summed E-state index contributed by atoms with van der Waals surface area (Å²) < 4.78 is 6.41. The van der Waals surface area contributed by atoms with Gasteiger partial charge in [0.2, 0.25) is 0 Å². The van der Waals surface area contributed by atoms with Gasteiger partial charge in [0.05, 0.1) is 32.4 Å². The summed E-state index contributed by atoms with van der Waals surface area (Å²) in [4.78, 5) is 21.0. The van der Waals surface area contributed by atoms with E-state index in [4.69, 9.17) is 21.3 Å². The molecule has 0 aliphatic carbocycles. The number of methoxy groups -OCH3 is 1. The number of anilines is 1. The molecule has 0 fully saturated rings. The van der Waals surface area contributed by atoms with Crippen molar-refractivity contribution < 1.29 is 14.4 Å². The van der Waals surface area contributed by atoms with Crippen molar-refractivity contribution in [1.82, 2.24) is 4.98 Å². The van der Waals surface area contributed by atoms with Gasteiger partial charge in [0.1, 0.15) is 11.3 Å². The Morgan fingerprint density at radius 1 is 1.26 bits per heavy atom. The second kappa shape index (κ2) is 8.69. The monoisotopic (exact) mass is 404 g/mol. The largest absolute Gasteiger partial charge is 0.494 e. The van der Waals surface area contributed by atoms with Crippen molar-refractivity contribution in [3.05, 3.63) is 53.1 Å². The molecule has 1 heterocycles. The first-order chi connectivity index (χ1) is 13.0. The topological polar surface area (TPSA) is 46.9 Å². The molecule has 0 atom stereocenters. The fourth-order valence-corrected chi connectivity index (χ4v) is 4.04. The number of hydrogen-bond donors (Lipinski definition) is 1. The number of benzene rings is 2. The lowest BCUT2D eigenvalue weighted by Gasteiger charge is -2.20. The van der Waals surface area contributed by atoms with E-state index in [1.807, 2.05) is 18.2 Å². The van der Waals surface area contributed by atoms with E-state index in [9.17, 15) is 4.79 Å². The summed E-state index contributed by atoms with van der Waals surface area (Å²) in [6, 6.07) is 12.8. The van der Waals surface area contributed by atoms with Crippen molar-refractivity contribution in [1.29, 1.82) is 0 Å². The van der Waals surface area contributed by atoms with Crippen LogP contribution in [-0.4, -0.2) is 45.2 Å². The smallest absolute Gasteiger partial charge is 0.260 e. The minimum atomic E-state index is -0.0933. The number of para-hydroxylation sites is 1. The van der Waals surface area contributed by atoms with Crippen LogP contribution in [0.3, 0.4) is 0 Å². The van der Waals surface area contributed by atoms with E-state index in [0.29, 0.717) is 28.0 Å². The Kier molecular flexibility index (Phi) is 6.31. The molecule has 3 rings (SSSR count). The maximum atomic E-state index is 13.2. The number of nitrogens with one attached hydrogen (secondary N) is 1. The Morgan fingerprint density at radius 2 is 2.04 bits per heavy atom. The van der Waals surface area contributed by atoms with Gasteiger partial charge in [-0.2, -0.15) is 0 Å². The van der Waals surface area contributed by atoms with Gasteiger partial charge < -0.3 is 9.64 Å². The number of halogens is 1. The van der Waals surface area contributed by atoms with Crippen LogP contribution in [0.25, 0.3) is 10.2 Å². The highest BCUT2D eigenvalue weighted by atomic mass is 35.5. The van der Waals surface area contributed by atoms with Gasteiger partial charge in [0.15, 0.2) is 5.13 Å². The highest BCUT2D eigenvalue weighted by molar-refractivity contribution is 7.22. The van der Waals surface area contributed by atoms with Crippen LogP contribution in [0.2, 0.25) is 5.02 Å². The van der Waals surface area contributed by atoms with Gasteiger partial charge in [0.25, 0.3) is 5.91 Å². The molecule has 0 aliphatic heterocycles. The van der Waals surface area contributed by atoms with Crippen LogP contribution in [0, 0.1) is 0 Å². The Bertz CT molecular complexity index is 942. The lowest BCUT2D eigenvalue weighted by atomic mass is 10.2. The summed E-state index contributed by atoms with van der Waals surface area (Å²) in [5, 5.41) is 1.22. The molecule has 0 unspecified atom stereocenters. The van der Waals surface area contributed by atoms with E-state index in [-0.39, 0.29) is 5.91 Å². The standard InChI is InChI=1S/C20H22ClN3O2S/c1-23(2)11-6-12-24(19(25)14-7-4-8-15(21)13-14)20-22-18-16(26-3)9-5-10-17(18)27-20/h4-5,7-10,13H,6,11-12H2,1-3H3/p+1. The van der Waals surface area contributed by atoms with Gasteiger partial charge >= 0.3 is 0 Å². The summed E-state index contributed by atoms with van der Waals surface area (Å²) in [6.45, 7) is 1.56. The van der Waals surface area contributed by atoms with Crippen LogP contribution in [-0.2, 0) is 0 Å². The molecule has 0 saturated carbocycles. The lowest BCUT2D eigenvalue weighted by Crippen LogP contribution is -3.05. The van der Waals surface area contributed by atoms with Gasteiger partial charge in [0, 0.05) is 23.6 Å². The molecule has 27 heavy (non-hydrogen) atoms. The number of thiazole rings is 1. The molecule has 142 valence electrons. The first-order valence-corrected chi connectivity index (χ1v) is 9.99. The second-order valence-corrected chi connectivity index (χ2v) is 8.03. The number of ether oxygens (including phenoxy) is 1. The molecule has 1 amide bonds. The summed E-state index contributed by atoms with van der Waals surface area (Å²) in [7, 11) is 5.83. The normalized spacial score (nSPS) is 11.1. The van der Waals surface area contributed by atoms with E-state index in [1.54, 1.807) is 36.3 Å². The van der Waals surface area contributed by atoms with Crippen molar-refractivity contribution >= 4 is 44.2 Å². The molecule has 0 radical (unpaired) electrons. The Labute approximate surface area is 168 Å². The van der Waals surface area contributed by atoms with E-state index in [1.165, 1.54) is 16.2 Å². The number of carbonyl (C=O) groups is 1. The van der Waals surface area contributed by atoms with Crippen molar-refractivity contribution in [3.63, 3.8) is 0 Å². The number of amides is 1. The Hall–Kier alpha value is -2.15. The number of nitrogens with zero attached hydrogens (tertiary/aromatic N) is 2. The van der Waals surface area contributed by atoms with Crippen LogP contribution in [0.1, 0.15) is 16.8 Å². The molecule has 0 aliphatic rings. The van der Waals surface area contributed by atoms with Crippen molar-refractivity contribution in [3.8, 4) is 5.75 Å². The van der Waals surface area contributed by atoms with Gasteiger partial charge in [-0.3, -0.25) is 9.69 Å². The summed E-state index contributed by atoms with van der Waals surface area (Å²) in [5.41, 5.74) is 1.34. The SMILES string of the molecule is COc1cccc2sc(N(CCC[NH+](C)C)C(=O)c3cccc(Cl)c3)nc12. The Morgan fingerprint density at radius 3 is 2.74 bits per heavy atom. The quantitative estimate of drug-likeness (QED) is 0.658. The molecular formula is C20H23ClN3O2S+. The lowest BCUT2D eigenvalue weighted by molar-refractivity contribution is -0.858. The zero-order valence-electron chi connectivity index (χ0n) is 15.7. The summed E-state index contributed by atoms with van der Waals surface area (Å²) in [5.74, 6) is 0.618. The summed E-state index contributed by atoms with van der Waals surface area (Å²) in [6.07, 6.45) is 0.877. The van der Waals surface area contributed by atoms with E-state index < -0.39 is 0 Å². The van der Waals surface area contributed by atoms with E-state index >= 15 is 0 Å². The summed E-state index contributed by atoms with van der Waals surface area (Å²) >= 11 is 7.58. The minimum absolute atomic E-state index is 0.0933. The second-order valence-electron chi connectivity index (χ2n) is 6.58. The fraction of sp³-hybridized carbons (Fsp3) is 0.300. The molecule has 0 saturated heterocycles. The number of carbonyl (C=O) groups excluding carboxylic acids is 1. The van der Waals surface area contributed by atoms with E-state index in [2.05, 4.69) is 14.1 Å². The van der Waals surface area contributed by atoms with Gasteiger partial charge in [-0.25, -0.2) is 4.98 Å². The molecule has 5 nitrogen and oxygen atoms in total. The highest BCUT2D eigenvalue weighted by Gasteiger charge is 2.22. The van der Waals surface area contributed by atoms with Crippen LogP contribution >= 0.6 is 22.9 Å². The van der Waals surface area contributed by atoms with E-state index in [0.717, 1.165) is 23.2 Å². The third kappa shape index (κ3) is 4.58. The van der Waals surface area contributed by atoms with Crippen LogP contribution in [0.5, 0.6) is 5.75 Å². The number of quaternary nitrogens is 1. The van der Waals surface area contributed by atoms with Crippen LogP contribution in [0.4, 0.5) is 5.13 Å². The van der Waals surface area contributed by atoms with Gasteiger partial charge in [-0.05, 0) is 30.3 Å². The predicted molar refractivity (Wildman–Crippen MR) is 112 cm³/mol. The minimum Gasteiger partial charge on any atom is -0.494 e. The maximum absolute atomic E-state index is 13.2. The fourth-order valence-electron chi connectivity index (χ4n) is 2.84. The molecule has 1 aromatic heterocycles. The predicted octanol–water partition coefficient (Wildman–Crippen LogP) is 3.14. The maximum Gasteiger partial charge on any atom is 0.260 e. The third-order valence-electron chi connectivity index (χ3n) is 4.20. The average molecular weight is 405 g/mol. The van der Waals surface area contributed by atoms with Crippen LogP contribution < -0.4 is 14.5 Å². The molecule has 2 aromatic carbocycles. The molecule has 0 bridgehead atoms. The average Bonchev–Trinajstić information content (AvgIpc) is 3.08. The van der Waals surface area contributed by atoms with Crippen molar-refractivity contribution in [2.45, 2.75) is 6.42 Å². The number of hydrogen-bond acceptors (Lipinski definition) is 4. The molecule has 3 aromatic rings. The van der Waals surface area contributed by atoms with Gasteiger partial charge in [-0.1, -0.05) is 35.1 Å². The number of aromatic nitrogens is 1. The van der Waals surface area contributed by atoms with Gasteiger partial charge in [-0.15, -0.1) is 0 Å².